The van der Waals surface area contributed by atoms with Crippen LogP contribution in [0.4, 0.5) is 0 Å². The van der Waals surface area contributed by atoms with Crippen molar-refractivity contribution < 1.29 is 8.42 Å². The number of hydrogen-bond donors (Lipinski definition) is 0. The van der Waals surface area contributed by atoms with Gasteiger partial charge in [-0.15, -0.1) is 0 Å². The SMILES string of the molecule is CC(C)CS(=O)(=O)Sc1ccc(Cl)cc1. The maximum atomic E-state index is 11.6. The van der Waals surface area contributed by atoms with Crippen molar-refractivity contribution in [3.05, 3.63) is 29.3 Å². The molecule has 0 bridgehead atoms. The Bertz CT molecular complexity index is 410. The topological polar surface area (TPSA) is 34.1 Å². The molecule has 0 fully saturated rings. The third kappa shape index (κ3) is 4.91. The van der Waals surface area contributed by atoms with Crippen molar-refractivity contribution in [2.45, 2.75) is 18.7 Å². The standard InChI is InChI=1S/C10H13ClO2S2/c1-8(2)7-15(12,13)14-10-5-3-9(11)4-6-10/h3-6,8H,7H2,1-2H3. The number of benzene rings is 1. The van der Waals surface area contributed by atoms with Crippen LogP contribution in [0.3, 0.4) is 0 Å². The van der Waals surface area contributed by atoms with Gasteiger partial charge in [0.05, 0.1) is 5.75 Å². The molecule has 0 unspecified atom stereocenters. The van der Waals surface area contributed by atoms with E-state index in [2.05, 4.69) is 0 Å². The van der Waals surface area contributed by atoms with Crippen LogP contribution in [0.1, 0.15) is 13.8 Å². The predicted octanol–water partition coefficient (Wildman–Crippen LogP) is 3.42. The van der Waals surface area contributed by atoms with Gasteiger partial charge in [-0.1, -0.05) is 25.4 Å². The molecule has 0 aliphatic rings. The van der Waals surface area contributed by atoms with Crippen LogP contribution in [0.2, 0.25) is 5.02 Å². The van der Waals surface area contributed by atoms with Gasteiger partial charge < -0.3 is 0 Å². The van der Waals surface area contributed by atoms with E-state index in [-0.39, 0.29) is 11.7 Å². The smallest absolute Gasteiger partial charge is 0.206 e. The quantitative estimate of drug-likeness (QED) is 0.782. The first-order valence-corrected chi connectivity index (χ1v) is 7.93. The predicted molar refractivity (Wildman–Crippen MR) is 65.9 cm³/mol. The minimum Gasteiger partial charge on any atom is -0.217 e. The molecule has 15 heavy (non-hydrogen) atoms. The first-order valence-electron chi connectivity index (χ1n) is 4.57. The molecule has 0 radical (unpaired) electrons. The van der Waals surface area contributed by atoms with Gasteiger partial charge in [0.2, 0.25) is 8.87 Å². The van der Waals surface area contributed by atoms with Crippen LogP contribution in [0.15, 0.2) is 29.2 Å². The lowest BCUT2D eigenvalue weighted by Gasteiger charge is -2.05. The van der Waals surface area contributed by atoms with E-state index < -0.39 is 8.87 Å². The van der Waals surface area contributed by atoms with Crippen molar-refractivity contribution in [1.82, 2.24) is 0 Å². The summed E-state index contributed by atoms with van der Waals surface area (Å²) in [6, 6.07) is 6.80. The van der Waals surface area contributed by atoms with E-state index >= 15 is 0 Å². The van der Waals surface area contributed by atoms with Gasteiger partial charge in [-0.25, -0.2) is 8.42 Å². The lowest BCUT2D eigenvalue weighted by molar-refractivity contribution is 0.597. The molecule has 0 aliphatic heterocycles. The van der Waals surface area contributed by atoms with Gasteiger partial charge in [-0.2, -0.15) is 0 Å². The Morgan fingerprint density at radius 1 is 1.27 bits per heavy atom. The fraction of sp³-hybridized carbons (Fsp3) is 0.400. The Morgan fingerprint density at radius 2 is 1.80 bits per heavy atom. The van der Waals surface area contributed by atoms with E-state index in [1.807, 2.05) is 13.8 Å². The van der Waals surface area contributed by atoms with Crippen molar-refractivity contribution >= 4 is 31.3 Å². The van der Waals surface area contributed by atoms with Crippen molar-refractivity contribution in [3.63, 3.8) is 0 Å². The van der Waals surface area contributed by atoms with Crippen molar-refractivity contribution in [3.8, 4) is 0 Å². The van der Waals surface area contributed by atoms with E-state index in [1.54, 1.807) is 24.3 Å². The monoisotopic (exact) mass is 264 g/mol. The highest BCUT2D eigenvalue weighted by Gasteiger charge is 2.14. The van der Waals surface area contributed by atoms with Crippen LogP contribution < -0.4 is 0 Å². The van der Waals surface area contributed by atoms with Gasteiger partial charge >= 0.3 is 0 Å². The van der Waals surface area contributed by atoms with Gasteiger partial charge in [0, 0.05) is 20.7 Å². The lowest BCUT2D eigenvalue weighted by atomic mass is 10.3. The first kappa shape index (κ1) is 12.9. The summed E-state index contributed by atoms with van der Waals surface area (Å²) in [6.45, 7) is 3.78. The molecule has 0 aliphatic carbocycles. The molecule has 0 atom stereocenters. The molecule has 1 rings (SSSR count). The Kier molecular flexibility index (Phi) is 4.49. The van der Waals surface area contributed by atoms with Crippen LogP contribution in [0.25, 0.3) is 0 Å². The summed E-state index contributed by atoms with van der Waals surface area (Å²) in [5, 5.41) is 0.612. The van der Waals surface area contributed by atoms with E-state index in [1.165, 1.54) is 0 Å². The van der Waals surface area contributed by atoms with E-state index in [0.29, 0.717) is 9.92 Å². The Hall–Kier alpha value is -0.190. The molecule has 0 heterocycles. The molecule has 2 nitrogen and oxygen atoms in total. The summed E-state index contributed by atoms with van der Waals surface area (Å²) >= 11 is 5.71. The highest BCUT2D eigenvalue weighted by atomic mass is 35.5. The van der Waals surface area contributed by atoms with E-state index in [0.717, 1.165) is 10.8 Å². The minimum atomic E-state index is -3.07. The number of hydrogen-bond acceptors (Lipinski definition) is 3. The third-order valence-electron chi connectivity index (χ3n) is 1.57. The van der Waals surface area contributed by atoms with Gasteiger partial charge in [-0.3, -0.25) is 0 Å². The van der Waals surface area contributed by atoms with Gasteiger partial charge in [0.15, 0.2) is 0 Å². The molecule has 0 saturated carbocycles. The van der Waals surface area contributed by atoms with Crippen LogP contribution in [0.5, 0.6) is 0 Å². The summed E-state index contributed by atoms with van der Waals surface area (Å²) in [5.41, 5.74) is 0. The molecular weight excluding hydrogens is 252 g/mol. The van der Waals surface area contributed by atoms with Gasteiger partial charge in [-0.05, 0) is 30.2 Å². The lowest BCUT2D eigenvalue weighted by Crippen LogP contribution is -2.06. The average Bonchev–Trinajstić information content (AvgIpc) is 2.06. The molecule has 0 aromatic heterocycles. The number of halogens is 1. The number of rotatable bonds is 4. The highest BCUT2D eigenvalue weighted by Crippen LogP contribution is 2.27. The van der Waals surface area contributed by atoms with Crippen molar-refractivity contribution in [1.29, 1.82) is 0 Å². The summed E-state index contributed by atoms with van der Waals surface area (Å²) in [7, 11) is -2.18. The Labute approximate surface area is 99.3 Å². The van der Waals surface area contributed by atoms with Crippen molar-refractivity contribution in [2.24, 2.45) is 5.92 Å². The molecule has 1 aromatic carbocycles. The molecule has 0 N–H and O–H groups in total. The average molecular weight is 265 g/mol. The molecular formula is C10H13ClO2S2. The van der Waals surface area contributed by atoms with Gasteiger partial charge in [0.1, 0.15) is 0 Å². The molecule has 1 aromatic rings. The second kappa shape index (κ2) is 5.23. The maximum Gasteiger partial charge on any atom is 0.206 e. The summed E-state index contributed by atoms with van der Waals surface area (Å²) in [6.07, 6.45) is 0. The molecule has 0 spiro atoms. The Morgan fingerprint density at radius 3 is 2.27 bits per heavy atom. The second-order valence-corrected chi connectivity index (χ2v) is 8.20. The van der Waals surface area contributed by atoms with Crippen LogP contribution in [0, 0.1) is 5.92 Å². The molecule has 84 valence electrons. The van der Waals surface area contributed by atoms with Crippen LogP contribution >= 0.6 is 22.4 Å². The maximum absolute atomic E-state index is 11.6. The first-order chi connectivity index (χ1) is 6.89. The van der Waals surface area contributed by atoms with Crippen LogP contribution in [-0.2, 0) is 8.87 Å². The fourth-order valence-corrected chi connectivity index (χ4v) is 4.86. The zero-order valence-electron chi connectivity index (χ0n) is 8.60. The van der Waals surface area contributed by atoms with E-state index in [9.17, 15) is 8.42 Å². The molecule has 5 heteroatoms. The molecule has 0 saturated heterocycles. The van der Waals surface area contributed by atoms with Crippen molar-refractivity contribution in [2.75, 3.05) is 5.75 Å². The summed E-state index contributed by atoms with van der Waals surface area (Å²) in [5.74, 6) is 0.343. The normalized spacial score (nSPS) is 12.0. The molecule has 0 amide bonds. The summed E-state index contributed by atoms with van der Waals surface area (Å²) < 4.78 is 23.3. The summed E-state index contributed by atoms with van der Waals surface area (Å²) in [4.78, 5) is 0.708. The zero-order valence-corrected chi connectivity index (χ0v) is 11.0. The third-order valence-corrected chi connectivity index (χ3v) is 5.37. The largest absolute Gasteiger partial charge is 0.217 e. The van der Waals surface area contributed by atoms with Crippen LogP contribution in [-0.4, -0.2) is 14.2 Å². The highest BCUT2D eigenvalue weighted by molar-refractivity contribution is 8.72. The second-order valence-electron chi connectivity index (χ2n) is 3.66. The van der Waals surface area contributed by atoms with E-state index in [4.69, 9.17) is 11.6 Å². The zero-order chi connectivity index (χ0) is 11.5. The van der Waals surface area contributed by atoms with Gasteiger partial charge in [0.25, 0.3) is 0 Å². The minimum absolute atomic E-state index is 0.148. The fourth-order valence-electron chi connectivity index (χ4n) is 1.08. The Balaban J connectivity index is 2.73.